The highest BCUT2D eigenvalue weighted by Crippen LogP contribution is 2.20. The number of halogens is 1. The zero-order chi connectivity index (χ0) is 17.6. The van der Waals surface area contributed by atoms with Crippen molar-refractivity contribution in [3.8, 4) is 0 Å². The Labute approximate surface area is 147 Å². The third kappa shape index (κ3) is 4.75. The zero-order valence-electron chi connectivity index (χ0n) is 14.4. The molecule has 1 aromatic carbocycles. The predicted molar refractivity (Wildman–Crippen MR) is 94.8 cm³/mol. The molecule has 2 aromatic rings. The number of amides is 1. The second kappa shape index (κ2) is 8.05. The number of hydrogen-bond acceptors (Lipinski definition) is 4. The first kappa shape index (κ1) is 17.3. The van der Waals surface area contributed by atoms with E-state index in [9.17, 15) is 9.18 Å². The van der Waals surface area contributed by atoms with E-state index in [0.717, 1.165) is 24.9 Å². The molecule has 1 aromatic heterocycles. The normalized spacial score (nSPS) is 18.6. The molecule has 0 saturated carbocycles. The summed E-state index contributed by atoms with van der Waals surface area (Å²) in [6, 6.07) is 8.32. The van der Waals surface area contributed by atoms with Gasteiger partial charge in [-0.05, 0) is 42.5 Å². The molecule has 1 fully saturated rings. The van der Waals surface area contributed by atoms with Gasteiger partial charge in [-0.1, -0.05) is 19.1 Å². The van der Waals surface area contributed by atoms with E-state index in [-0.39, 0.29) is 23.7 Å². The van der Waals surface area contributed by atoms with Gasteiger partial charge in [0.15, 0.2) is 0 Å². The van der Waals surface area contributed by atoms with Crippen LogP contribution in [0.4, 0.5) is 10.3 Å². The van der Waals surface area contributed by atoms with E-state index in [1.165, 1.54) is 12.1 Å². The second-order valence-corrected chi connectivity index (χ2v) is 6.56. The molecule has 0 radical (unpaired) electrons. The van der Waals surface area contributed by atoms with E-state index >= 15 is 0 Å². The first-order valence-electron chi connectivity index (χ1n) is 8.68. The molecular weight excluding hydrogens is 319 g/mol. The highest BCUT2D eigenvalue weighted by molar-refractivity contribution is 5.77. The lowest BCUT2D eigenvalue weighted by Crippen LogP contribution is -2.48. The zero-order valence-corrected chi connectivity index (χ0v) is 14.4. The van der Waals surface area contributed by atoms with Crippen molar-refractivity contribution >= 4 is 11.9 Å². The van der Waals surface area contributed by atoms with Gasteiger partial charge in [0.2, 0.25) is 11.9 Å². The number of piperidine rings is 1. The number of hydrogen-bond donors (Lipinski definition) is 1. The molecule has 3 rings (SSSR count). The Morgan fingerprint density at radius 2 is 2.16 bits per heavy atom. The van der Waals surface area contributed by atoms with Crippen molar-refractivity contribution in [3.63, 3.8) is 0 Å². The summed E-state index contributed by atoms with van der Waals surface area (Å²) in [5.41, 5.74) is 0.845. The van der Waals surface area contributed by atoms with Crippen molar-refractivity contribution in [1.82, 2.24) is 15.3 Å². The van der Waals surface area contributed by atoms with Gasteiger partial charge in [0.05, 0.1) is 0 Å². The number of anilines is 1. The lowest BCUT2D eigenvalue weighted by molar-refractivity contribution is -0.122. The van der Waals surface area contributed by atoms with Crippen LogP contribution in [0.15, 0.2) is 42.7 Å². The maximum atomic E-state index is 13.3. The summed E-state index contributed by atoms with van der Waals surface area (Å²) in [5, 5.41) is 3.10. The Balaban J connectivity index is 1.54. The van der Waals surface area contributed by atoms with Crippen LogP contribution < -0.4 is 10.2 Å². The molecule has 132 valence electrons. The van der Waals surface area contributed by atoms with Gasteiger partial charge < -0.3 is 10.2 Å². The van der Waals surface area contributed by atoms with Crippen molar-refractivity contribution in [2.75, 3.05) is 18.0 Å². The van der Waals surface area contributed by atoms with Crippen molar-refractivity contribution in [1.29, 1.82) is 0 Å². The summed E-state index contributed by atoms with van der Waals surface area (Å²) in [6.07, 6.45) is 5.74. The summed E-state index contributed by atoms with van der Waals surface area (Å²) < 4.78 is 13.3. The van der Waals surface area contributed by atoms with Crippen LogP contribution in [0, 0.1) is 5.82 Å². The average molecular weight is 342 g/mol. The first-order valence-corrected chi connectivity index (χ1v) is 8.68. The lowest BCUT2D eigenvalue weighted by atomic mass is 9.97. The smallest absolute Gasteiger partial charge is 0.225 e. The van der Waals surface area contributed by atoms with Crippen molar-refractivity contribution < 1.29 is 9.18 Å². The minimum Gasteiger partial charge on any atom is -0.352 e. The summed E-state index contributed by atoms with van der Waals surface area (Å²) in [5.74, 6) is 0.413. The van der Waals surface area contributed by atoms with E-state index in [4.69, 9.17) is 0 Å². The van der Waals surface area contributed by atoms with Gasteiger partial charge >= 0.3 is 0 Å². The Kier molecular flexibility index (Phi) is 5.58. The van der Waals surface area contributed by atoms with Gasteiger partial charge in [0.25, 0.3) is 0 Å². The number of rotatable bonds is 5. The topological polar surface area (TPSA) is 58.1 Å². The molecule has 2 heterocycles. The fourth-order valence-electron chi connectivity index (χ4n) is 3.23. The van der Waals surface area contributed by atoms with Crippen LogP contribution in [0.5, 0.6) is 0 Å². The summed E-state index contributed by atoms with van der Waals surface area (Å²) in [6.45, 7) is 3.56. The van der Waals surface area contributed by atoms with Crippen LogP contribution >= 0.6 is 0 Å². The molecule has 1 aliphatic heterocycles. The monoisotopic (exact) mass is 342 g/mol. The number of benzene rings is 1. The van der Waals surface area contributed by atoms with Crippen molar-refractivity contribution in [3.05, 3.63) is 54.1 Å². The number of nitrogens with zero attached hydrogens (tertiary/aromatic N) is 3. The Morgan fingerprint density at radius 3 is 2.92 bits per heavy atom. The van der Waals surface area contributed by atoms with Crippen LogP contribution in [0.1, 0.15) is 37.7 Å². The summed E-state index contributed by atoms with van der Waals surface area (Å²) in [7, 11) is 0. The van der Waals surface area contributed by atoms with Crippen LogP contribution in [0.2, 0.25) is 0 Å². The quantitative estimate of drug-likeness (QED) is 0.908. The molecule has 5 nitrogen and oxygen atoms in total. The maximum absolute atomic E-state index is 13.3. The Morgan fingerprint density at radius 1 is 1.36 bits per heavy atom. The van der Waals surface area contributed by atoms with Crippen LogP contribution in [0.3, 0.4) is 0 Å². The summed E-state index contributed by atoms with van der Waals surface area (Å²) >= 11 is 0. The van der Waals surface area contributed by atoms with Crippen molar-refractivity contribution in [2.45, 2.75) is 38.1 Å². The van der Waals surface area contributed by atoms with Crippen LogP contribution in [0.25, 0.3) is 0 Å². The number of aromatic nitrogens is 2. The van der Waals surface area contributed by atoms with Gasteiger partial charge in [-0.15, -0.1) is 0 Å². The largest absolute Gasteiger partial charge is 0.352 e. The molecule has 1 aliphatic rings. The molecule has 0 spiro atoms. The minimum absolute atomic E-state index is 0.00223. The summed E-state index contributed by atoms with van der Waals surface area (Å²) in [4.78, 5) is 23.0. The Bertz CT molecular complexity index is 710. The molecular formula is C19H23FN4O. The SMILES string of the molecule is C[C@H](CC(=O)N[C@@H]1CCCN(c2ncccn2)C1)c1cccc(F)c1. The molecule has 1 N–H and O–H groups in total. The third-order valence-corrected chi connectivity index (χ3v) is 4.53. The first-order chi connectivity index (χ1) is 12.1. The molecule has 0 aliphatic carbocycles. The van der Waals surface area contributed by atoms with Gasteiger partial charge in [0.1, 0.15) is 5.82 Å². The van der Waals surface area contributed by atoms with E-state index in [1.54, 1.807) is 24.5 Å². The van der Waals surface area contributed by atoms with Crippen LogP contribution in [-0.4, -0.2) is 35.0 Å². The minimum atomic E-state index is -0.268. The second-order valence-electron chi connectivity index (χ2n) is 6.56. The number of nitrogens with one attached hydrogen (secondary N) is 1. The van der Waals surface area contributed by atoms with Gasteiger partial charge in [0, 0.05) is 37.9 Å². The molecule has 1 saturated heterocycles. The predicted octanol–water partition coefficient (Wildman–Crippen LogP) is 2.89. The van der Waals surface area contributed by atoms with Crippen LogP contribution in [-0.2, 0) is 4.79 Å². The molecule has 0 bridgehead atoms. The average Bonchev–Trinajstić information content (AvgIpc) is 2.62. The lowest BCUT2D eigenvalue weighted by Gasteiger charge is -2.33. The third-order valence-electron chi connectivity index (χ3n) is 4.53. The number of carbonyl (C=O) groups is 1. The fraction of sp³-hybridized carbons (Fsp3) is 0.421. The standard InChI is InChI=1S/C19H23FN4O/c1-14(15-5-2-6-16(20)12-15)11-18(25)23-17-7-3-10-24(13-17)19-21-8-4-9-22-19/h2,4-6,8-9,12,14,17H,3,7,10-11,13H2,1H3,(H,23,25)/t14-,17-/m1/s1. The van der Waals surface area contributed by atoms with Gasteiger partial charge in [-0.2, -0.15) is 0 Å². The maximum Gasteiger partial charge on any atom is 0.225 e. The highest BCUT2D eigenvalue weighted by atomic mass is 19.1. The highest BCUT2D eigenvalue weighted by Gasteiger charge is 2.23. The van der Waals surface area contributed by atoms with E-state index in [0.29, 0.717) is 18.9 Å². The fourth-order valence-corrected chi connectivity index (χ4v) is 3.23. The molecule has 6 heteroatoms. The molecule has 1 amide bonds. The van der Waals surface area contributed by atoms with Crippen molar-refractivity contribution in [2.24, 2.45) is 0 Å². The van der Waals surface area contributed by atoms with E-state index in [2.05, 4.69) is 20.2 Å². The molecule has 0 unspecified atom stereocenters. The van der Waals surface area contributed by atoms with E-state index in [1.807, 2.05) is 13.0 Å². The van der Waals surface area contributed by atoms with E-state index < -0.39 is 0 Å². The molecule has 2 atom stereocenters. The van der Waals surface area contributed by atoms with Gasteiger partial charge in [-0.3, -0.25) is 4.79 Å². The number of carbonyl (C=O) groups excluding carboxylic acids is 1. The van der Waals surface area contributed by atoms with Gasteiger partial charge in [-0.25, -0.2) is 14.4 Å². The Hall–Kier alpha value is -2.50. The molecule has 25 heavy (non-hydrogen) atoms.